The SMILES string of the molecule is Cc1ccc(S(=O)(=O)N2[C@H]3CCC(C3)[C@@H]2C(=O)NO)cc1. The van der Waals surface area contributed by atoms with E-state index in [1.165, 1.54) is 4.31 Å². The van der Waals surface area contributed by atoms with Crippen molar-refractivity contribution in [3.05, 3.63) is 29.8 Å². The Bertz CT molecular complexity index is 656. The second-order valence-electron chi connectivity index (χ2n) is 5.80. The molecule has 1 saturated heterocycles. The molecular weight excluding hydrogens is 292 g/mol. The van der Waals surface area contributed by atoms with Gasteiger partial charge in [-0.1, -0.05) is 17.7 Å². The van der Waals surface area contributed by atoms with E-state index in [4.69, 9.17) is 5.21 Å². The lowest BCUT2D eigenvalue weighted by molar-refractivity contribution is -0.134. The molecule has 2 fully saturated rings. The standard InChI is InChI=1S/C14H18N2O4S/c1-9-2-6-12(7-3-9)21(19,20)16-11-5-4-10(8-11)13(16)14(17)15-18/h2-3,6-7,10-11,13,18H,4-5,8H2,1H3,(H,15,17)/t10?,11-,13+/m0/s1. The van der Waals surface area contributed by atoms with E-state index in [0.29, 0.717) is 6.42 Å². The highest BCUT2D eigenvalue weighted by molar-refractivity contribution is 7.89. The van der Waals surface area contributed by atoms with Gasteiger partial charge in [-0.3, -0.25) is 10.0 Å². The van der Waals surface area contributed by atoms with Crippen molar-refractivity contribution in [2.45, 2.75) is 43.2 Å². The van der Waals surface area contributed by atoms with Gasteiger partial charge in [0.05, 0.1) is 4.90 Å². The first kappa shape index (κ1) is 14.5. The molecule has 0 aromatic heterocycles. The highest BCUT2D eigenvalue weighted by Crippen LogP contribution is 2.45. The Morgan fingerprint density at radius 1 is 1.29 bits per heavy atom. The summed E-state index contributed by atoms with van der Waals surface area (Å²) in [5, 5.41) is 8.89. The zero-order valence-corrected chi connectivity index (χ0v) is 12.5. The number of rotatable bonds is 3. The monoisotopic (exact) mass is 310 g/mol. The topological polar surface area (TPSA) is 86.7 Å². The molecule has 1 saturated carbocycles. The first-order chi connectivity index (χ1) is 9.95. The van der Waals surface area contributed by atoms with Crippen molar-refractivity contribution in [3.8, 4) is 0 Å². The Balaban J connectivity index is 2.00. The van der Waals surface area contributed by atoms with Crippen molar-refractivity contribution in [2.24, 2.45) is 5.92 Å². The van der Waals surface area contributed by atoms with Crippen LogP contribution in [0.2, 0.25) is 0 Å². The summed E-state index contributed by atoms with van der Waals surface area (Å²) in [6, 6.07) is 5.64. The van der Waals surface area contributed by atoms with Crippen molar-refractivity contribution in [1.29, 1.82) is 0 Å². The summed E-state index contributed by atoms with van der Waals surface area (Å²) in [5.74, 6) is -0.653. The Morgan fingerprint density at radius 3 is 2.57 bits per heavy atom. The van der Waals surface area contributed by atoms with Gasteiger partial charge in [0, 0.05) is 6.04 Å². The molecule has 2 aliphatic rings. The minimum Gasteiger partial charge on any atom is -0.289 e. The molecule has 114 valence electrons. The predicted molar refractivity (Wildman–Crippen MR) is 75.1 cm³/mol. The van der Waals surface area contributed by atoms with Gasteiger partial charge in [0.25, 0.3) is 5.91 Å². The van der Waals surface area contributed by atoms with Crippen molar-refractivity contribution in [1.82, 2.24) is 9.79 Å². The van der Waals surface area contributed by atoms with Gasteiger partial charge in [-0.15, -0.1) is 0 Å². The molecule has 3 atom stereocenters. The van der Waals surface area contributed by atoms with E-state index in [1.54, 1.807) is 29.7 Å². The van der Waals surface area contributed by atoms with Crippen LogP contribution in [0.3, 0.4) is 0 Å². The molecule has 6 nitrogen and oxygen atoms in total. The van der Waals surface area contributed by atoms with Crippen LogP contribution in [-0.2, 0) is 14.8 Å². The van der Waals surface area contributed by atoms with Crippen LogP contribution < -0.4 is 5.48 Å². The molecule has 1 unspecified atom stereocenters. The van der Waals surface area contributed by atoms with Gasteiger partial charge in [0.1, 0.15) is 6.04 Å². The molecule has 3 rings (SSSR count). The number of sulfonamides is 1. The first-order valence-corrected chi connectivity index (χ1v) is 8.43. The summed E-state index contributed by atoms with van der Waals surface area (Å²) < 4.78 is 27.0. The molecule has 1 heterocycles. The molecule has 7 heteroatoms. The Hall–Kier alpha value is -1.44. The molecule has 1 amide bonds. The number of carbonyl (C=O) groups is 1. The van der Waals surface area contributed by atoms with Gasteiger partial charge in [-0.25, -0.2) is 13.9 Å². The zero-order valence-electron chi connectivity index (χ0n) is 11.7. The second kappa shape index (κ2) is 5.08. The van der Waals surface area contributed by atoms with Crippen LogP contribution in [0, 0.1) is 12.8 Å². The van der Waals surface area contributed by atoms with Gasteiger partial charge in [0.15, 0.2) is 0 Å². The van der Waals surface area contributed by atoms with Crippen LogP contribution in [0.5, 0.6) is 0 Å². The van der Waals surface area contributed by atoms with Crippen LogP contribution >= 0.6 is 0 Å². The number of amides is 1. The summed E-state index contributed by atoms with van der Waals surface area (Å²) >= 11 is 0. The van der Waals surface area contributed by atoms with Crippen molar-refractivity contribution < 1.29 is 18.4 Å². The summed E-state index contributed by atoms with van der Waals surface area (Å²) in [6.07, 6.45) is 2.27. The number of hydrogen-bond donors (Lipinski definition) is 2. The van der Waals surface area contributed by atoms with Crippen molar-refractivity contribution in [2.75, 3.05) is 0 Å². The van der Waals surface area contributed by atoms with Crippen molar-refractivity contribution in [3.63, 3.8) is 0 Å². The molecule has 2 bridgehead atoms. The molecule has 2 N–H and O–H groups in total. The van der Waals surface area contributed by atoms with Gasteiger partial charge in [-0.2, -0.15) is 4.31 Å². The number of hydrogen-bond acceptors (Lipinski definition) is 4. The molecule has 0 spiro atoms. The third-order valence-electron chi connectivity index (χ3n) is 4.50. The average molecular weight is 310 g/mol. The fraction of sp³-hybridized carbons (Fsp3) is 0.500. The average Bonchev–Trinajstić information content (AvgIpc) is 3.07. The zero-order chi connectivity index (χ0) is 15.2. The number of fused-ring (bicyclic) bond motifs is 2. The fourth-order valence-electron chi connectivity index (χ4n) is 3.52. The number of hydroxylamine groups is 1. The number of benzene rings is 1. The third kappa shape index (κ3) is 2.25. The van der Waals surface area contributed by atoms with E-state index >= 15 is 0 Å². The first-order valence-electron chi connectivity index (χ1n) is 6.99. The Kier molecular flexibility index (Phi) is 3.51. The van der Waals surface area contributed by atoms with Crippen LogP contribution in [0.25, 0.3) is 0 Å². The normalized spacial score (nSPS) is 28.8. The molecule has 1 aromatic carbocycles. The lowest BCUT2D eigenvalue weighted by Gasteiger charge is -2.32. The van der Waals surface area contributed by atoms with Crippen LogP contribution in [0.4, 0.5) is 0 Å². The second-order valence-corrected chi connectivity index (χ2v) is 7.64. The number of piperidine rings is 1. The van der Waals surface area contributed by atoms with Gasteiger partial charge < -0.3 is 0 Å². The maximum atomic E-state index is 12.8. The molecular formula is C14H18N2O4S. The number of nitrogens with zero attached hydrogens (tertiary/aromatic N) is 1. The number of aryl methyl sites for hydroxylation is 1. The van der Waals surface area contributed by atoms with Crippen LogP contribution in [0.1, 0.15) is 24.8 Å². The van der Waals surface area contributed by atoms with Gasteiger partial charge >= 0.3 is 0 Å². The van der Waals surface area contributed by atoms with E-state index in [9.17, 15) is 13.2 Å². The summed E-state index contributed by atoms with van der Waals surface area (Å²) in [6.45, 7) is 1.89. The smallest absolute Gasteiger partial charge is 0.262 e. The molecule has 1 aromatic rings. The van der Waals surface area contributed by atoms with Crippen LogP contribution in [-0.4, -0.2) is 35.9 Å². The van der Waals surface area contributed by atoms with Crippen LogP contribution in [0.15, 0.2) is 29.2 Å². The molecule has 0 radical (unpaired) electrons. The molecule has 1 aliphatic carbocycles. The lowest BCUT2D eigenvalue weighted by atomic mass is 10.00. The van der Waals surface area contributed by atoms with E-state index in [1.807, 2.05) is 6.92 Å². The van der Waals surface area contributed by atoms with Gasteiger partial charge in [0.2, 0.25) is 10.0 Å². The fourth-order valence-corrected chi connectivity index (χ4v) is 5.39. The number of nitrogens with one attached hydrogen (secondary N) is 1. The van der Waals surface area contributed by atoms with E-state index in [-0.39, 0.29) is 16.9 Å². The summed E-state index contributed by atoms with van der Waals surface area (Å²) in [7, 11) is -3.73. The molecule has 21 heavy (non-hydrogen) atoms. The summed E-state index contributed by atoms with van der Waals surface area (Å²) in [4.78, 5) is 12.1. The minimum atomic E-state index is -3.73. The van der Waals surface area contributed by atoms with E-state index < -0.39 is 22.0 Å². The quantitative estimate of drug-likeness (QED) is 0.645. The predicted octanol–water partition coefficient (Wildman–Crippen LogP) is 1.04. The Labute approximate surface area is 123 Å². The van der Waals surface area contributed by atoms with Crippen molar-refractivity contribution >= 4 is 15.9 Å². The highest BCUT2D eigenvalue weighted by atomic mass is 32.2. The highest BCUT2D eigenvalue weighted by Gasteiger charge is 2.54. The van der Waals surface area contributed by atoms with Gasteiger partial charge in [-0.05, 0) is 44.2 Å². The van der Waals surface area contributed by atoms with E-state index in [2.05, 4.69) is 0 Å². The largest absolute Gasteiger partial charge is 0.289 e. The maximum absolute atomic E-state index is 12.8. The van der Waals surface area contributed by atoms with E-state index in [0.717, 1.165) is 18.4 Å². The maximum Gasteiger partial charge on any atom is 0.262 e. The third-order valence-corrected chi connectivity index (χ3v) is 6.45. The minimum absolute atomic E-state index is 0.0117. The molecule has 1 aliphatic heterocycles. The lowest BCUT2D eigenvalue weighted by Crippen LogP contribution is -2.52. The Morgan fingerprint density at radius 2 is 1.95 bits per heavy atom. The number of carbonyl (C=O) groups excluding carboxylic acids is 1. The summed E-state index contributed by atoms with van der Waals surface area (Å²) in [5.41, 5.74) is 2.58.